The number of anilines is 1. The molecule has 3 rings (SSSR count). The van der Waals surface area contributed by atoms with Gasteiger partial charge >= 0.3 is 0 Å². The SMILES string of the molecule is CCc1ccc(OCn2cc(NC(=O)c3ccc(Cl)cc3Cl)cn2)cc1. The van der Waals surface area contributed by atoms with E-state index >= 15 is 0 Å². The van der Waals surface area contributed by atoms with E-state index in [0.29, 0.717) is 21.3 Å². The second-order valence-electron chi connectivity index (χ2n) is 5.62. The van der Waals surface area contributed by atoms with Crippen LogP contribution < -0.4 is 10.1 Å². The quantitative estimate of drug-likeness (QED) is 0.642. The Morgan fingerprint density at radius 2 is 1.96 bits per heavy atom. The van der Waals surface area contributed by atoms with Crippen molar-refractivity contribution >= 4 is 34.8 Å². The summed E-state index contributed by atoms with van der Waals surface area (Å²) in [5, 5.41) is 7.69. The van der Waals surface area contributed by atoms with Crippen LogP contribution in [0.4, 0.5) is 5.69 Å². The molecule has 1 aromatic heterocycles. The van der Waals surface area contributed by atoms with Gasteiger partial charge < -0.3 is 10.1 Å². The molecular formula is C19H17Cl2N3O2. The number of carbonyl (C=O) groups is 1. The number of aryl methyl sites for hydroxylation is 1. The van der Waals surface area contributed by atoms with E-state index in [4.69, 9.17) is 27.9 Å². The standard InChI is InChI=1S/C19H17Cl2N3O2/c1-2-13-3-6-16(7-4-13)26-12-24-11-15(10-22-24)23-19(25)17-8-5-14(20)9-18(17)21/h3-11H,2,12H2,1H3,(H,23,25). The van der Waals surface area contributed by atoms with Crippen molar-refractivity contribution in [3.8, 4) is 5.75 Å². The Morgan fingerprint density at radius 1 is 1.19 bits per heavy atom. The molecule has 5 nitrogen and oxygen atoms in total. The molecule has 0 atom stereocenters. The van der Waals surface area contributed by atoms with Gasteiger partial charge in [-0.25, -0.2) is 4.68 Å². The number of hydrogen-bond donors (Lipinski definition) is 1. The first-order valence-electron chi connectivity index (χ1n) is 8.05. The zero-order valence-electron chi connectivity index (χ0n) is 14.1. The Balaban J connectivity index is 1.59. The number of nitrogens with one attached hydrogen (secondary N) is 1. The molecule has 0 saturated heterocycles. The van der Waals surface area contributed by atoms with Crippen molar-refractivity contribution in [2.45, 2.75) is 20.1 Å². The highest BCUT2D eigenvalue weighted by Crippen LogP contribution is 2.22. The highest BCUT2D eigenvalue weighted by molar-refractivity contribution is 6.37. The van der Waals surface area contributed by atoms with Crippen LogP contribution in [0.15, 0.2) is 54.9 Å². The van der Waals surface area contributed by atoms with Crippen LogP contribution in [0.25, 0.3) is 0 Å². The molecule has 134 valence electrons. The summed E-state index contributed by atoms with van der Waals surface area (Å²) in [5.41, 5.74) is 2.14. The van der Waals surface area contributed by atoms with Crippen LogP contribution in [0.5, 0.6) is 5.75 Å². The lowest BCUT2D eigenvalue weighted by Crippen LogP contribution is -2.12. The highest BCUT2D eigenvalue weighted by atomic mass is 35.5. The molecule has 1 N–H and O–H groups in total. The summed E-state index contributed by atoms with van der Waals surface area (Å²) >= 11 is 11.9. The zero-order chi connectivity index (χ0) is 18.5. The number of rotatable bonds is 6. The molecular weight excluding hydrogens is 373 g/mol. The number of ether oxygens (including phenoxy) is 1. The fourth-order valence-electron chi connectivity index (χ4n) is 2.33. The van der Waals surface area contributed by atoms with E-state index in [2.05, 4.69) is 17.3 Å². The molecule has 2 aromatic carbocycles. The number of amides is 1. The van der Waals surface area contributed by atoms with E-state index in [1.807, 2.05) is 24.3 Å². The van der Waals surface area contributed by atoms with Crippen molar-refractivity contribution in [3.63, 3.8) is 0 Å². The van der Waals surface area contributed by atoms with E-state index in [1.54, 1.807) is 29.2 Å². The molecule has 3 aromatic rings. The zero-order valence-corrected chi connectivity index (χ0v) is 15.6. The summed E-state index contributed by atoms with van der Waals surface area (Å²) in [6, 6.07) is 12.6. The molecule has 1 amide bonds. The largest absolute Gasteiger partial charge is 0.471 e. The van der Waals surface area contributed by atoms with Crippen LogP contribution >= 0.6 is 23.2 Å². The van der Waals surface area contributed by atoms with Gasteiger partial charge in [0.1, 0.15) is 5.75 Å². The lowest BCUT2D eigenvalue weighted by atomic mass is 10.2. The topological polar surface area (TPSA) is 56.1 Å². The summed E-state index contributed by atoms with van der Waals surface area (Å²) in [6.45, 7) is 2.34. The maximum Gasteiger partial charge on any atom is 0.257 e. The molecule has 26 heavy (non-hydrogen) atoms. The summed E-state index contributed by atoms with van der Waals surface area (Å²) in [5.74, 6) is 0.429. The predicted octanol–water partition coefficient (Wildman–Crippen LogP) is 5.04. The summed E-state index contributed by atoms with van der Waals surface area (Å²) in [7, 11) is 0. The van der Waals surface area contributed by atoms with Gasteiger partial charge in [-0.15, -0.1) is 0 Å². The average molecular weight is 390 g/mol. The minimum absolute atomic E-state index is 0.239. The second-order valence-corrected chi connectivity index (χ2v) is 6.46. The van der Waals surface area contributed by atoms with E-state index in [0.717, 1.165) is 12.2 Å². The lowest BCUT2D eigenvalue weighted by Gasteiger charge is -2.07. The molecule has 0 aliphatic heterocycles. The van der Waals surface area contributed by atoms with Crippen molar-refractivity contribution in [2.24, 2.45) is 0 Å². The molecule has 0 unspecified atom stereocenters. The molecule has 0 bridgehead atoms. The van der Waals surface area contributed by atoms with Crippen LogP contribution in [0.2, 0.25) is 10.0 Å². The Bertz CT molecular complexity index is 907. The normalized spacial score (nSPS) is 10.6. The molecule has 0 aliphatic carbocycles. The van der Waals surface area contributed by atoms with Crippen LogP contribution in [0.1, 0.15) is 22.8 Å². The first kappa shape index (κ1) is 18.3. The minimum Gasteiger partial charge on any atom is -0.471 e. The van der Waals surface area contributed by atoms with Gasteiger partial charge in [0.25, 0.3) is 5.91 Å². The Morgan fingerprint density at radius 3 is 2.65 bits per heavy atom. The lowest BCUT2D eigenvalue weighted by molar-refractivity contribution is 0.102. The summed E-state index contributed by atoms with van der Waals surface area (Å²) in [4.78, 5) is 12.3. The predicted molar refractivity (Wildman–Crippen MR) is 103 cm³/mol. The monoisotopic (exact) mass is 389 g/mol. The third-order valence-electron chi connectivity index (χ3n) is 3.76. The van der Waals surface area contributed by atoms with Gasteiger partial charge in [0.05, 0.1) is 28.7 Å². The molecule has 0 fully saturated rings. The van der Waals surface area contributed by atoms with Gasteiger partial charge in [0.15, 0.2) is 6.73 Å². The molecule has 7 heteroatoms. The van der Waals surface area contributed by atoms with E-state index in [1.165, 1.54) is 11.6 Å². The molecule has 0 spiro atoms. The van der Waals surface area contributed by atoms with Crippen molar-refractivity contribution in [2.75, 3.05) is 5.32 Å². The fraction of sp³-hybridized carbons (Fsp3) is 0.158. The highest BCUT2D eigenvalue weighted by Gasteiger charge is 2.12. The van der Waals surface area contributed by atoms with E-state index in [9.17, 15) is 4.79 Å². The Labute approximate surface area is 161 Å². The third kappa shape index (κ3) is 4.56. The van der Waals surface area contributed by atoms with Crippen LogP contribution in [0, 0.1) is 0 Å². The van der Waals surface area contributed by atoms with Gasteiger partial charge in [-0.05, 0) is 42.3 Å². The maximum atomic E-state index is 12.3. The molecule has 0 saturated carbocycles. The van der Waals surface area contributed by atoms with Crippen LogP contribution in [-0.4, -0.2) is 15.7 Å². The van der Waals surface area contributed by atoms with Crippen LogP contribution in [0.3, 0.4) is 0 Å². The van der Waals surface area contributed by atoms with Gasteiger partial charge in [0.2, 0.25) is 0 Å². The van der Waals surface area contributed by atoms with Gasteiger partial charge in [-0.1, -0.05) is 42.3 Å². The number of aromatic nitrogens is 2. The smallest absolute Gasteiger partial charge is 0.257 e. The Hall–Kier alpha value is -2.50. The van der Waals surface area contributed by atoms with E-state index in [-0.39, 0.29) is 12.6 Å². The number of carbonyl (C=O) groups excluding carboxylic acids is 1. The molecule has 1 heterocycles. The first-order valence-corrected chi connectivity index (χ1v) is 8.81. The van der Waals surface area contributed by atoms with Crippen molar-refractivity contribution in [1.82, 2.24) is 9.78 Å². The average Bonchev–Trinajstić information content (AvgIpc) is 3.07. The number of nitrogens with zero attached hydrogens (tertiary/aromatic N) is 2. The van der Waals surface area contributed by atoms with E-state index < -0.39 is 0 Å². The third-order valence-corrected chi connectivity index (χ3v) is 4.31. The Kier molecular flexibility index (Phi) is 5.81. The van der Waals surface area contributed by atoms with Crippen molar-refractivity contribution in [1.29, 1.82) is 0 Å². The summed E-state index contributed by atoms with van der Waals surface area (Å²) < 4.78 is 7.27. The molecule has 0 aliphatic rings. The minimum atomic E-state index is -0.331. The number of hydrogen-bond acceptors (Lipinski definition) is 3. The second kappa shape index (κ2) is 8.25. The van der Waals surface area contributed by atoms with Crippen LogP contribution in [-0.2, 0) is 13.2 Å². The fourth-order valence-corrected chi connectivity index (χ4v) is 2.83. The number of benzene rings is 2. The van der Waals surface area contributed by atoms with Crippen molar-refractivity contribution < 1.29 is 9.53 Å². The van der Waals surface area contributed by atoms with Gasteiger partial charge in [-0.2, -0.15) is 5.10 Å². The number of halogens is 2. The molecule has 0 radical (unpaired) electrons. The van der Waals surface area contributed by atoms with Gasteiger partial charge in [0, 0.05) is 5.02 Å². The maximum absolute atomic E-state index is 12.3. The first-order chi connectivity index (χ1) is 12.5. The van der Waals surface area contributed by atoms with Crippen molar-refractivity contribution in [3.05, 3.63) is 76.0 Å². The van der Waals surface area contributed by atoms with Gasteiger partial charge in [-0.3, -0.25) is 4.79 Å². The summed E-state index contributed by atoms with van der Waals surface area (Å²) in [6.07, 6.45) is 4.22.